The van der Waals surface area contributed by atoms with Crippen molar-refractivity contribution in [1.82, 2.24) is 19.8 Å². The zero-order valence-electron chi connectivity index (χ0n) is 23.1. The minimum Gasteiger partial charge on any atom is -0.467 e. The summed E-state index contributed by atoms with van der Waals surface area (Å²) in [5.74, 6) is -0.524. The van der Waals surface area contributed by atoms with Crippen LogP contribution in [0.1, 0.15) is 55.4 Å². The van der Waals surface area contributed by atoms with E-state index in [0.29, 0.717) is 6.54 Å². The molecule has 0 unspecified atom stereocenters. The smallest absolute Gasteiger partial charge is 0.328 e. The van der Waals surface area contributed by atoms with Crippen LogP contribution in [0.15, 0.2) is 0 Å². The van der Waals surface area contributed by atoms with E-state index >= 15 is 0 Å². The van der Waals surface area contributed by atoms with E-state index in [0.717, 1.165) is 6.26 Å². The van der Waals surface area contributed by atoms with Gasteiger partial charge in [-0.15, -0.1) is 0 Å². The number of carbonyl (C=O) groups is 3. The lowest BCUT2D eigenvalue weighted by Gasteiger charge is -2.38. The van der Waals surface area contributed by atoms with E-state index in [1.807, 2.05) is 41.5 Å². The predicted molar refractivity (Wildman–Crippen MR) is 134 cm³/mol. The number of carbonyl (C=O) groups excluding carboxylic acids is 3. The molecule has 0 radical (unpaired) electrons. The molecule has 0 aromatic heterocycles. The first kappa shape index (κ1) is 29.4. The fourth-order valence-corrected chi connectivity index (χ4v) is 5.40. The summed E-state index contributed by atoms with van der Waals surface area (Å²) in [7, 11) is -0.654. The van der Waals surface area contributed by atoms with E-state index in [1.54, 1.807) is 4.90 Å². The molecule has 2 N–H and O–H groups in total. The fraction of sp³-hybridized carbons (Fsp3) is 0.875. The molecule has 1 saturated heterocycles. The second-order valence-corrected chi connectivity index (χ2v) is 14.9. The number of sulfonamides is 1. The topological polar surface area (TPSA) is 125 Å². The second kappa shape index (κ2) is 9.53. The van der Waals surface area contributed by atoms with Crippen LogP contribution in [0.2, 0.25) is 0 Å². The van der Waals surface area contributed by atoms with Crippen molar-refractivity contribution >= 4 is 27.9 Å². The van der Waals surface area contributed by atoms with Crippen molar-refractivity contribution in [2.24, 2.45) is 28.1 Å². The number of urea groups is 1. The van der Waals surface area contributed by atoms with Crippen LogP contribution in [0.25, 0.3) is 0 Å². The van der Waals surface area contributed by atoms with Crippen molar-refractivity contribution in [3.8, 4) is 0 Å². The van der Waals surface area contributed by atoms with Gasteiger partial charge in [0.15, 0.2) is 0 Å². The summed E-state index contributed by atoms with van der Waals surface area (Å²) in [6, 6.07) is -2.66. The SMILES string of the molecule is COC(=O)[C@@H]1[C@@H]2[C@H](CN1C(=O)[C@@H](NC(=O)N[C@H](CN(C)S(C)(=O)=O)C(C)(C)C)C(C)(C)C)C2(C)C. The minimum atomic E-state index is -3.44. The lowest BCUT2D eigenvalue weighted by atomic mass is 9.85. The normalized spacial score (nSPS) is 25.5. The number of hydrogen-bond acceptors (Lipinski definition) is 6. The Labute approximate surface area is 210 Å². The molecule has 2 fully saturated rings. The van der Waals surface area contributed by atoms with Crippen LogP contribution in [0, 0.1) is 28.1 Å². The third kappa shape index (κ3) is 6.28. The van der Waals surface area contributed by atoms with Crippen molar-refractivity contribution < 1.29 is 27.5 Å². The van der Waals surface area contributed by atoms with E-state index in [1.165, 1.54) is 18.5 Å². The number of likely N-dealkylation sites (tertiary alicyclic amines) is 1. The Balaban J connectivity index is 2.23. The van der Waals surface area contributed by atoms with Gasteiger partial charge in [0.25, 0.3) is 0 Å². The Morgan fingerprint density at radius 2 is 1.63 bits per heavy atom. The van der Waals surface area contributed by atoms with Gasteiger partial charge in [-0.05, 0) is 22.2 Å². The van der Waals surface area contributed by atoms with Gasteiger partial charge in [-0.3, -0.25) is 4.79 Å². The largest absolute Gasteiger partial charge is 0.467 e. The molecule has 2 aliphatic rings. The van der Waals surface area contributed by atoms with E-state index in [-0.39, 0.29) is 29.7 Å². The Hall–Kier alpha value is -1.88. The number of esters is 1. The lowest BCUT2D eigenvalue weighted by Crippen LogP contribution is -2.61. The predicted octanol–water partition coefficient (Wildman–Crippen LogP) is 1.66. The summed E-state index contributed by atoms with van der Waals surface area (Å²) < 4.78 is 30.1. The van der Waals surface area contributed by atoms with E-state index in [2.05, 4.69) is 24.5 Å². The van der Waals surface area contributed by atoms with Crippen molar-refractivity contribution in [3.05, 3.63) is 0 Å². The van der Waals surface area contributed by atoms with Crippen LogP contribution < -0.4 is 10.6 Å². The number of fused-ring (bicyclic) bond motifs is 1. The van der Waals surface area contributed by atoms with Crippen LogP contribution >= 0.6 is 0 Å². The van der Waals surface area contributed by atoms with Gasteiger partial charge in [-0.1, -0.05) is 55.4 Å². The number of nitrogens with one attached hydrogen (secondary N) is 2. The third-order valence-corrected chi connectivity index (χ3v) is 8.96. The number of amides is 3. The Bertz CT molecular complexity index is 950. The number of hydrogen-bond donors (Lipinski definition) is 2. The first-order valence-corrected chi connectivity index (χ1v) is 13.9. The average molecular weight is 517 g/mol. The fourth-order valence-electron chi connectivity index (χ4n) is 4.98. The molecule has 1 aliphatic carbocycles. The maximum atomic E-state index is 13.7. The monoisotopic (exact) mass is 516 g/mol. The van der Waals surface area contributed by atoms with E-state index in [4.69, 9.17) is 4.74 Å². The quantitative estimate of drug-likeness (QED) is 0.496. The highest BCUT2D eigenvalue weighted by Crippen LogP contribution is 2.65. The number of methoxy groups -OCH3 is 1. The molecule has 1 aliphatic heterocycles. The molecule has 0 aromatic carbocycles. The van der Waals surface area contributed by atoms with Gasteiger partial charge in [-0.25, -0.2) is 22.3 Å². The van der Waals surface area contributed by atoms with Crippen LogP contribution in [0.3, 0.4) is 0 Å². The van der Waals surface area contributed by atoms with Crippen molar-refractivity contribution in [1.29, 1.82) is 0 Å². The zero-order valence-corrected chi connectivity index (χ0v) is 23.9. The molecule has 0 bridgehead atoms. The maximum Gasteiger partial charge on any atom is 0.328 e. The van der Waals surface area contributed by atoms with Crippen LogP contribution in [0.5, 0.6) is 0 Å². The number of ether oxygens (including phenoxy) is 1. The number of piperidine rings is 1. The van der Waals surface area contributed by atoms with Gasteiger partial charge in [-0.2, -0.15) is 0 Å². The minimum absolute atomic E-state index is 0.0325. The van der Waals surface area contributed by atoms with Crippen LogP contribution in [-0.4, -0.2) is 87.2 Å². The van der Waals surface area contributed by atoms with E-state index < -0.39 is 51.0 Å². The van der Waals surface area contributed by atoms with Crippen LogP contribution in [0.4, 0.5) is 4.79 Å². The Kier molecular flexibility index (Phi) is 8.00. The van der Waals surface area contributed by atoms with Gasteiger partial charge < -0.3 is 20.3 Å². The van der Waals surface area contributed by atoms with Gasteiger partial charge in [0.2, 0.25) is 15.9 Å². The summed E-state index contributed by atoms with van der Waals surface area (Å²) in [6.45, 7) is 16.0. The van der Waals surface area contributed by atoms with E-state index in [9.17, 15) is 22.8 Å². The molecule has 3 amide bonds. The highest BCUT2D eigenvalue weighted by Gasteiger charge is 2.70. The second-order valence-electron chi connectivity index (χ2n) is 12.8. The molecule has 0 spiro atoms. The summed E-state index contributed by atoms with van der Waals surface area (Å²) in [6.07, 6.45) is 1.11. The highest BCUT2D eigenvalue weighted by molar-refractivity contribution is 7.88. The number of rotatable bonds is 7. The first-order valence-electron chi connectivity index (χ1n) is 12.0. The number of nitrogens with zero attached hydrogens (tertiary/aromatic N) is 2. The van der Waals surface area contributed by atoms with Gasteiger partial charge in [0.05, 0.1) is 13.4 Å². The molecular weight excluding hydrogens is 472 g/mol. The van der Waals surface area contributed by atoms with Crippen LogP contribution in [-0.2, 0) is 24.3 Å². The van der Waals surface area contributed by atoms with Gasteiger partial charge in [0, 0.05) is 32.1 Å². The molecule has 5 atom stereocenters. The van der Waals surface area contributed by atoms with Crippen molar-refractivity contribution in [3.63, 3.8) is 0 Å². The average Bonchev–Trinajstić information content (AvgIpc) is 3.02. The lowest BCUT2D eigenvalue weighted by molar-refractivity contribution is -0.154. The molecule has 1 saturated carbocycles. The molecule has 35 heavy (non-hydrogen) atoms. The van der Waals surface area contributed by atoms with Gasteiger partial charge in [0.1, 0.15) is 12.1 Å². The molecular formula is C24H44N4O6S. The summed E-state index contributed by atoms with van der Waals surface area (Å²) >= 11 is 0. The zero-order chi connectivity index (χ0) is 27.3. The summed E-state index contributed by atoms with van der Waals surface area (Å²) in [4.78, 5) is 41.0. The molecule has 202 valence electrons. The molecule has 10 nitrogen and oxygen atoms in total. The third-order valence-electron chi connectivity index (χ3n) is 7.68. The maximum absolute atomic E-state index is 13.7. The van der Waals surface area contributed by atoms with Gasteiger partial charge >= 0.3 is 12.0 Å². The molecule has 2 rings (SSSR count). The van der Waals surface area contributed by atoms with Crippen molar-refractivity contribution in [2.45, 2.75) is 73.5 Å². The molecule has 0 aromatic rings. The van der Waals surface area contributed by atoms with Crippen molar-refractivity contribution in [2.75, 3.05) is 33.5 Å². The molecule has 11 heteroatoms. The Morgan fingerprint density at radius 1 is 1.09 bits per heavy atom. The summed E-state index contributed by atoms with van der Waals surface area (Å²) in [5.41, 5.74) is -1.13. The highest BCUT2D eigenvalue weighted by atomic mass is 32.2. The Morgan fingerprint density at radius 3 is 2.06 bits per heavy atom. The number of likely N-dealkylation sites (N-methyl/N-ethyl adjacent to an activating group) is 1. The standard InChI is InChI=1S/C24H44N4O6S/c1-22(2,3)15(13-27(9)35(11,32)33)25-21(31)26-18(23(4,5)6)19(29)28-12-14-16(24(14,7)8)17(28)20(30)34-10/h14-18H,12-13H2,1-11H3,(H2,25,26,31)/t14-,15+,16-,17-,18+/m0/s1. The summed E-state index contributed by atoms with van der Waals surface area (Å²) in [5, 5.41) is 5.68. The first-order chi connectivity index (χ1) is 15.6. The molecule has 1 heterocycles.